The third kappa shape index (κ3) is 5.62. The van der Waals surface area contributed by atoms with Gasteiger partial charge in [-0.05, 0) is 64.1 Å². The second-order valence-corrected chi connectivity index (χ2v) is 8.88. The fraction of sp³-hybridized carbons (Fsp3) is 0.111. The van der Waals surface area contributed by atoms with Crippen molar-refractivity contribution >= 4 is 45.2 Å². The molecule has 178 valence electrons. The Hall–Kier alpha value is -3.88. The fourth-order valence-electron chi connectivity index (χ4n) is 4.08. The van der Waals surface area contributed by atoms with E-state index in [0.29, 0.717) is 17.5 Å². The van der Waals surface area contributed by atoms with Crippen LogP contribution in [0.15, 0.2) is 72.9 Å². The Bertz CT molecular complexity index is 1470. The lowest BCUT2D eigenvalue weighted by molar-refractivity contribution is -0.131. The number of carboxylic acid groups (broad SMARTS) is 1. The number of allylic oxidation sites excluding steroid dienone is 1. The van der Waals surface area contributed by atoms with E-state index in [1.165, 1.54) is 12.1 Å². The predicted octanol–water partition coefficient (Wildman–Crippen LogP) is 5.89. The van der Waals surface area contributed by atoms with Gasteiger partial charge in [-0.15, -0.1) is 0 Å². The summed E-state index contributed by atoms with van der Waals surface area (Å²) in [6.07, 6.45) is 4.84. The topological polar surface area (TPSA) is 103 Å². The smallest absolute Gasteiger partial charge is 0.328 e. The van der Waals surface area contributed by atoms with E-state index < -0.39 is 22.9 Å². The summed E-state index contributed by atoms with van der Waals surface area (Å²) in [4.78, 5) is 10.8. The summed E-state index contributed by atoms with van der Waals surface area (Å²) in [5, 5.41) is 16.8. The molecule has 3 N–H and O–H groups in total. The molecule has 0 amide bonds. The van der Waals surface area contributed by atoms with Crippen molar-refractivity contribution in [2.75, 3.05) is 0 Å². The summed E-state index contributed by atoms with van der Waals surface area (Å²) in [5.74, 6) is -1.63. The van der Waals surface area contributed by atoms with E-state index in [2.05, 4.69) is 10.2 Å². The SMILES string of the molecule is CC/C(=C(/c1ccc(/C=C/C(=O)O)cc1)c1ccc2[nH]ncc2c1)c1ccc(CS(=O)O)cc1F. The van der Waals surface area contributed by atoms with Crippen LogP contribution in [0.4, 0.5) is 4.39 Å². The minimum atomic E-state index is -2.06. The van der Waals surface area contributed by atoms with E-state index >= 15 is 4.39 Å². The molecule has 4 rings (SSSR count). The molecule has 1 unspecified atom stereocenters. The molecule has 0 saturated heterocycles. The van der Waals surface area contributed by atoms with E-state index in [1.54, 1.807) is 18.3 Å². The predicted molar refractivity (Wildman–Crippen MR) is 136 cm³/mol. The standard InChI is InChI=1S/C27H23FN2O4S/c1-2-22(23-10-5-18(13-24(23)28)16-35(33)34)27(20-9-11-25-21(14-20)15-29-30-25)19-7-3-17(4-8-19)6-12-26(31)32/h3-15H,2,16H2,1H3,(H,29,30)(H,31,32)(H,33,34)/b12-6+,27-22+. The number of nitrogens with one attached hydrogen (secondary N) is 1. The van der Waals surface area contributed by atoms with E-state index in [1.807, 2.05) is 49.4 Å². The van der Waals surface area contributed by atoms with Gasteiger partial charge in [0, 0.05) is 17.0 Å². The van der Waals surface area contributed by atoms with Crippen LogP contribution < -0.4 is 0 Å². The molecule has 1 heterocycles. The van der Waals surface area contributed by atoms with E-state index in [9.17, 15) is 9.00 Å². The highest BCUT2D eigenvalue weighted by Crippen LogP contribution is 2.36. The zero-order valence-electron chi connectivity index (χ0n) is 18.9. The molecular weight excluding hydrogens is 467 g/mol. The molecule has 0 fully saturated rings. The Kier molecular flexibility index (Phi) is 7.33. The summed E-state index contributed by atoms with van der Waals surface area (Å²) >= 11 is -2.06. The first-order chi connectivity index (χ1) is 16.9. The number of rotatable bonds is 8. The normalized spacial score (nSPS) is 13.2. The average Bonchev–Trinajstić information content (AvgIpc) is 3.30. The molecule has 0 aliphatic rings. The van der Waals surface area contributed by atoms with Crippen LogP contribution in [0.1, 0.15) is 41.2 Å². The van der Waals surface area contributed by atoms with E-state index in [4.69, 9.17) is 9.66 Å². The first kappa shape index (κ1) is 24.3. The third-order valence-corrected chi connectivity index (χ3v) is 6.23. The number of fused-ring (bicyclic) bond motifs is 1. The Morgan fingerprint density at radius 1 is 1.09 bits per heavy atom. The lowest BCUT2D eigenvalue weighted by atomic mass is 9.87. The molecule has 4 aromatic rings. The average molecular weight is 491 g/mol. The van der Waals surface area contributed by atoms with E-state index in [-0.39, 0.29) is 5.75 Å². The van der Waals surface area contributed by atoms with Crippen molar-refractivity contribution in [2.24, 2.45) is 0 Å². The maximum Gasteiger partial charge on any atom is 0.328 e. The van der Waals surface area contributed by atoms with Crippen LogP contribution in [-0.4, -0.2) is 30.0 Å². The van der Waals surface area contributed by atoms with Crippen LogP contribution >= 0.6 is 0 Å². The fourth-order valence-corrected chi connectivity index (χ4v) is 4.54. The molecule has 0 saturated carbocycles. The highest BCUT2D eigenvalue weighted by atomic mass is 32.2. The van der Waals surface area contributed by atoms with Gasteiger partial charge in [-0.3, -0.25) is 5.10 Å². The molecule has 1 aromatic heterocycles. The van der Waals surface area contributed by atoms with Gasteiger partial charge in [0.1, 0.15) is 5.82 Å². The molecule has 35 heavy (non-hydrogen) atoms. The van der Waals surface area contributed by atoms with Crippen molar-refractivity contribution < 1.29 is 23.1 Å². The lowest BCUT2D eigenvalue weighted by Crippen LogP contribution is -2.00. The monoisotopic (exact) mass is 490 g/mol. The van der Waals surface area contributed by atoms with Gasteiger partial charge in [0.15, 0.2) is 11.1 Å². The second-order valence-electron chi connectivity index (χ2n) is 7.95. The van der Waals surface area contributed by atoms with Gasteiger partial charge >= 0.3 is 5.97 Å². The second kappa shape index (κ2) is 10.6. The van der Waals surface area contributed by atoms with Crippen molar-refractivity contribution in [3.8, 4) is 0 Å². The molecular formula is C27H23FN2O4S. The summed E-state index contributed by atoms with van der Waals surface area (Å²) < 4.78 is 35.6. The number of halogens is 1. The Labute approximate surface area is 204 Å². The van der Waals surface area contributed by atoms with Crippen LogP contribution in [0, 0.1) is 5.82 Å². The largest absolute Gasteiger partial charge is 0.478 e. The van der Waals surface area contributed by atoms with Crippen molar-refractivity contribution in [1.29, 1.82) is 0 Å². The van der Waals surface area contributed by atoms with Gasteiger partial charge in [-0.25, -0.2) is 13.4 Å². The Morgan fingerprint density at radius 3 is 2.49 bits per heavy atom. The van der Waals surface area contributed by atoms with Gasteiger partial charge in [0.25, 0.3) is 0 Å². The molecule has 0 radical (unpaired) electrons. The molecule has 0 spiro atoms. The first-order valence-corrected chi connectivity index (χ1v) is 12.2. The number of aromatic amines is 1. The summed E-state index contributed by atoms with van der Waals surface area (Å²) in [6.45, 7) is 1.95. The van der Waals surface area contributed by atoms with Crippen molar-refractivity contribution in [1.82, 2.24) is 10.2 Å². The molecule has 6 nitrogen and oxygen atoms in total. The van der Waals surface area contributed by atoms with Crippen LogP contribution in [-0.2, 0) is 21.6 Å². The van der Waals surface area contributed by atoms with Crippen LogP contribution in [0.2, 0.25) is 0 Å². The first-order valence-electron chi connectivity index (χ1n) is 10.9. The van der Waals surface area contributed by atoms with Gasteiger partial charge < -0.3 is 9.66 Å². The summed E-state index contributed by atoms with van der Waals surface area (Å²) in [6, 6.07) is 17.9. The number of carbonyl (C=O) groups is 1. The van der Waals surface area contributed by atoms with Crippen LogP contribution in [0.3, 0.4) is 0 Å². The van der Waals surface area contributed by atoms with Crippen molar-refractivity contribution in [3.05, 3.63) is 107 Å². The third-order valence-electron chi connectivity index (χ3n) is 5.65. The van der Waals surface area contributed by atoms with Crippen molar-refractivity contribution in [3.63, 3.8) is 0 Å². The van der Waals surface area contributed by atoms with Gasteiger partial charge in [0.2, 0.25) is 0 Å². The number of aliphatic carboxylic acids is 1. The molecule has 0 bridgehead atoms. The summed E-state index contributed by atoms with van der Waals surface area (Å²) in [7, 11) is 0. The number of carboxylic acids is 1. The van der Waals surface area contributed by atoms with Gasteiger partial charge in [-0.2, -0.15) is 5.10 Å². The number of aromatic nitrogens is 2. The molecule has 3 aromatic carbocycles. The number of benzene rings is 3. The Balaban J connectivity index is 1.90. The molecule has 0 aliphatic carbocycles. The van der Waals surface area contributed by atoms with Crippen LogP contribution in [0.25, 0.3) is 28.1 Å². The zero-order valence-corrected chi connectivity index (χ0v) is 19.7. The number of hydrogen-bond acceptors (Lipinski definition) is 3. The minimum Gasteiger partial charge on any atom is -0.478 e. The quantitative estimate of drug-likeness (QED) is 0.162. The highest BCUT2D eigenvalue weighted by molar-refractivity contribution is 7.78. The summed E-state index contributed by atoms with van der Waals surface area (Å²) in [5.41, 5.74) is 5.80. The lowest BCUT2D eigenvalue weighted by Gasteiger charge is -2.17. The van der Waals surface area contributed by atoms with E-state index in [0.717, 1.165) is 44.8 Å². The maximum atomic E-state index is 15.3. The number of H-pyrrole nitrogens is 1. The Morgan fingerprint density at radius 2 is 1.83 bits per heavy atom. The molecule has 1 atom stereocenters. The maximum absolute atomic E-state index is 15.3. The number of hydrogen-bond donors (Lipinski definition) is 3. The van der Waals surface area contributed by atoms with Crippen LogP contribution in [0.5, 0.6) is 0 Å². The van der Waals surface area contributed by atoms with Gasteiger partial charge in [0.05, 0.1) is 17.5 Å². The number of nitrogens with zero attached hydrogens (tertiary/aromatic N) is 1. The molecule has 0 aliphatic heterocycles. The molecule has 8 heteroatoms. The highest BCUT2D eigenvalue weighted by Gasteiger charge is 2.17. The minimum absolute atomic E-state index is 0.141. The van der Waals surface area contributed by atoms with Gasteiger partial charge in [-0.1, -0.05) is 49.4 Å². The zero-order chi connectivity index (χ0) is 24.9. The van der Waals surface area contributed by atoms with Crippen molar-refractivity contribution in [2.45, 2.75) is 19.1 Å².